The molecule has 1 fully saturated rings. The lowest BCUT2D eigenvalue weighted by Gasteiger charge is -2.46. The molecule has 0 bridgehead atoms. The molecule has 0 aliphatic carbocycles. The molecule has 1 N–H and O–H groups in total. The summed E-state index contributed by atoms with van der Waals surface area (Å²) >= 11 is 6.24. The van der Waals surface area contributed by atoms with Crippen LogP contribution in [0.4, 0.5) is 5.69 Å². The molecule has 1 aromatic carbocycles. The van der Waals surface area contributed by atoms with Crippen LogP contribution in [0.1, 0.15) is 32.8 Å². The van der Waals surface area contributed by atoms with Crippen molar-refractivity contribution in [3.8, 4) is 0 Å². The molecule has 3 nitrogen and oxygen atoms in total. The number of piperazine rings is 1. The summed E-state index contributed by atoms with van der Waals surface area (Å²) in [5.74, 6) is 0. The second kappa shape index (κ2) is 6.99. The molecule has 0 radical (unpaired) electrons. The molecule has 0 aromatic heterocycles. The van der Waals surface area contributed by atoms with Crippen molar-refractivity contribution < 1.29 is 0 Å². The van der Waals surface area contributed by atoms with E-state index in [4.69, 9.17) is 11.6 Å². The molecule has 0 atom stereocenters. The van der Waals surface area contributed by atoms with Crippen molar-refractivity contribution in [2.24, 2.45) is 0 Å². The van der Waals surface area contributed by atoms with Crippen molar-refractivity contribution in [1.29, 1.82) is 0 Å². The van der Waals surface area contributed by atoms with E-state index in [1.165, 1.54) is 11.3 Å². The summed E-state index contributed by atoms with van der Waals surface area (Å²) in [6.07, 6.45) is 1.16. The Morgan fingerprint density at radius 2 is 2.05 bits per heavy atom. The van der Waals surface area contributed by atoms with Gasteiger partial charge in [0.05, 0.1) is 0 Å². The quantitative estimate of drug-likeness (QED) is 0.841. The molecular formula is C17H28ClN3. The molecule has 118 valence electrons. The number of anilines is 1. The number of benzene rings is 1. The summed E-state index contributed by atoms with van der Waals surface area (Å²) in [4.78, 5) is 4.91. The number of hydrogen-bond acceptors (Lipinski definition) is 3. The van der Waals surface area contributed by atoms with Crippen molar-refractivity contribution in [3.63, 3.8) is 0 Å². The third kappa shape index (κ3) is 4.12. The Morgan fingerprint density at radius 3 is 2.71 bits per heavy atom. The second-order valence-electron chi connectivity index (χ2n) is 6.61. The highest BCUT2D eigenvalue weighted by atomic mass is 35.5. The van der Waals surface area contributed by atoms with Crippen LogP contribution in [0.15, 0.2) is 18.2 Å². The van der Waals surface area contributed by atoms with E-state index >= 15 is 0 Å². The molecule has 0 unspecified atom stereocenters. The van der Waals surface area contributed by atoms with Crippen molar-refractivity contribution >= 4 is 17.3 Å². The number of rotatable bonds is 5. The highest BCUT2D eigenvalue weighted by molar-refractivity contribution is 6.30. The zero-order chi connectivity index (χ0) is 15.5. The molecule has 1 aromatic rings. The van der Waals surface area contributed by atoms with E-state index in [0.29, 0.717) is 0 Å². The third-order valence-electron chi connectivity index (χ3n) is 4.45. The van der Waals surface area contributed by atoms with E-state index in [-0.39, 0.29) is 5.54 Å². The van der Waals surface area contributed by atoms with Gasteiger partial charge in [0.1, 0.15) is 0 Å². The maximum absolute atomic E-state index is 6.24. The summed E-state index contributed by atoms with van der Waals surface area (Å²) in [6.45, 7) is 11.9. The topological polar surface area (TPSA) is 18.5 Å². The average molecular weight is 310 g/mol. The highest BCUT2D eigenvalue weighted by Gasteiger charge is 2.31. The van der Waals surface area contributed by atoms with Crippen molar-refractivity contribution in [3.05, 3.63) is 28.8 Å². The first-order chi connectivity index (χ1) is 9.94. The van der Waals surface area contributed by atoms with Gasteiger partial charge in [0.2, 0.25) is 0 Å². The molecule has 0 saturated carbocycles. The summed E-state index contributed by atoms with van der Waals surface area (Å²) in [7, 11) is 2.21. The summed E-state index contributed by atoms with van der Waals surface area (Å²) in [5, 5.41) is 4.32. The smallest absolute Gasteiger partial charge is 0.0427 e. The van der Waals surface area contributed by atoms with E-state index in [1.54, 1.807) is 0 Å². The summed E-state index contributed by atoms with van der Waals surface area (Å²) in [6, 6.07) is 6.27. The Bertz CT molecular complexity index is 473. The first-order valence-corrected chi connectivity index (χ1v) is 8.27. The highest BCUT2D eigenvalue weighted by Crippen LogP contribution is 2.29. The van der Waals surface area contributed by atoms with E-state index in [2.05, 4.69) is 55.1 Å². The number of nitrogens with one attached hydrogen (secondary N) is 1. The predicted molar refractivity (Wildman–Crippen MR) is 92.4 cm³/mol. The Kier molecular flexibility index (Phi) is 5.53. The molecule has 0 spiro atoms. The fourth-order valence-corrected chi connectivity index (χ4v) is 2.99. The minimum absolute atomic E-state index is 0.189. The zero-order valence-corrected chi connectivity index (χ0v) is 14.5. The van der Waals surface area contributed by atoms with Crippen LogP contribution in [0.3, 0.4) is 0 Å². The summed E-state index contributed by atoms with van der Waals surface area (Å²) < 4.78 is 0. The molecule has 1 aliphatic heterocycles. The molecule has 1 heterocycles. The minimum Gasteiger partial charge on any atom is -0.368 e. The van der Waals surface area contributed by atoms with Crippen LogP contribution < -0.4 is 10.2 Å². The lowest BCUT2D eigenvalue weighted by molar-refractivity contribution is 0.139. The van der Waals surface area contributed by atoms with Crippen molar-refractivity contribution in [2.45, 2.75) is 39.3 Å². The normalized spacial score (nSPS) is 19.0. The Hall–Kier alpha value is -0.770. The number of halogens is 1. The molecular weight excluding hydrogens is 282 g/mol. The van der Waals surface area contributed by atoms with Crippen LogP contribution in [0, 0.1) is 0 Å². The van der Waals surface area contributed by atoms with Gasteiger partial charge >= 0.3 is 0 Å². The van der Waals surface area contributed by atoms with Crippen molar-refractivity contribution in [2.75, 3.05) is 38.1 Å². The van der Waals surface area contributed by atoms with E-state index < -0.39 is 0 Å². The monoisotopic (exact) mass is 309 g/mol. The van der Waals surface area contributed by atoms with Crippen LogP contribution in [-0.4, -0.2) is 43.7 Å². The average Bonchev–Trinajstić information content (AvgIpc) is 2.43. The van der Waals surface area contributed by atoms with Gasteiger partial charge in [-0.25, -0.2) is 0 Å². The predicted octanol–water partition coefficient (Wildman–Crippen LogP) is 3.37. The van der Waals surface area contributed by atoms with Crippen LogP contribution in [-0.2, 0) is 6.54 Å². The lowest BCUT2D eigenvalue weighted by Crippen LogP contribution is -2.57. The standard InChI is InChI=1S/C17H28ClN3/c1-5-8-19-12-14-6-7-15(18)11-16(14)21-10-9-20(4)17(2,3)13-21/h6-7,11,19H,5,8-10,12-13H2,1-4H3. The fourth-order valence-electron chi connectivity index (χ4n) is 2.83. The van der Waals surface area contributed by atoms with Gasteiger partial charge in [-0.05, 0) is 51.6 Å². The largest absolute Gasteiger partial charge is 0.368 e. The van der Waals surface area contributed by atoms with Crippen molar-refractivity contribution in [1.82, 2.24) is 10.2 Å². The number of hydrogen-bond donors (Lipinski definition) is 1. The summed E-state index contributed by atoms with van der Waals surface area (Å²) in [5.41, 5.74) is 2.81. The van der Waals surface area contributed by atoms with Gasteiger partial charge in [-0.1, -0.05) is 24.6 Å². The number of nitrogens with zero attached hydrogens (tertiary/aromatic N) is 2. The lowest BCUT2D eigenvalue weighted by atomic mass is 9.98. The maximum atomic E-state index is 6.24. The van der Waals surface area contributed by atoms with E-state index in [9.17, 15) is 0 Å². The van der Waals surface area contributed by atoms with Crippen LogP contribution in [0.5, 0.6) is 0 Å². The molecule has 1 aliphatic rings. The van der Waals surface area contributed by atoms with Gasteiger partial charge in [0.15, 0.2) is 0 Å². The first kappa shape index (κ1) is 16.6. The first-order valence-electron chi connectivity index (χ1n) is 7.89. The minimum atomic E-state index is 0.189. The third-order valence-corrected chi connectivity index (χ3v) is 4.68. The van der Waals surface area contributed by atoms with Gasteiger partial charge < -0.3 is 10.2 Å². The molecule has 1 saturated heterocycles. The van der Waals surface area contributed by atoms with Crippen LogP contribution in [0.25, 0.3) is 0 Å². The molecule has 2 rings (SSSR count). The molecule has 4 heteroatoms. The van der Waals surface area contributed by atoms with E-state index in [1.807, 2.05) is 6.07 Å². The Balaban J connectivity index is 2.19. The SMILES string of the molecule is CCCNCc1ccc(Cl)cc1N1CCN(C)C(C)(C)C1. The second-order valence-corrected chi connectivity index (χ2v) is 7.04. The Labute approximate surface area is 134 Å². The maximum Gasteiger partial charge on any atom is 0.0427 e. The van der Waals surface area contributed by atoms with Gasteiger partial charge in [-0.3, -0.25) is 4.90 Å². The molecule has 0 amide bonds. The molecule has 21 heavy (non-hydrogen) atoms. The fraction of sp³-hybridized carbons (Fsp3) is 0.647. The van der Waals surface area contributed by atoms with Gasteiger partial charge in [0.25, 0.3) is 0 Å². The van der Waals surface area contributed by atoms with E-state index in [0.717, 1.165) is 44.2 Å². The van der Waals surface area contributed by atoms with Gasteiger partial charge in [-0.15, -0.1) is 0 Å². The van der Waals surface area contributed by atoms with Gasteiger partial charge in [0, 0.05) is 42.4 Å². The van der Waals surface area contributed by atoms with Gasteiger partial charge in [-0.2, -0.15) is 0 Å². The van der Waals surface area contributed by atoms with Crippen LogP contribution in [0.2, 0.25) is 5.02 Å². The Morgan fingerprint density at radius 1 is 1.29 bits per heavy atom. The van der Waals surface area contributed by atoms with Crippen LogP contribution >= 0.6 is 11.6 Å². The zero-order valence-electron chi connectivity index (χ0n) is 13.7. The number of likely N-dealkylation sites (N-methyl/N-ethyl adjacent to an activating group) is 1.